The van der Waals surface area contributed by atoms with E-state index in [9.17, 15) is 9.59 Å². The predicted octanol–water partition coefficient (Wildman–Crippen LogP) is 4.75. The van der Waals surface area contributed by atoms with Gasteiger partial charge in [-0.3, -0.25) is 9.59 Å². The van der Waals surface area contributed by atoms with Crippen molar-refractivity contribution in [1.29, 1.82) is 0 Å². The summed E-state index contributed by atoms with van der Waals surface area (Å²) in [6.45, 7) is 0. The van der Waals surface area contributed by atoms with Gasteiger partial charge in [0.1, 0.15) is 0 Å². The highest BCUT2D eigenvalue weighted by Gasteiger charge is 2.09. The summed E-state index contributed by atoms with van der Waals surface area (Å²) in [5.74, 6) is -0.409. The molecule has 3 rings (SSSR count). The molecule has 0 saturated heterocycles. The molecule has 0 aromatic heterocycles. The molecule has 0 bridgehead atoms. The van der Waals surface area contributed by atoms with Crippen LogP contribution in [0.5, 0.6) is 0 Å². The van der Waals surface area contributed by atoms with Gasteiger partial charge in [0, 0.05) is 34.1 Å². The second kappa shape index (κ2) is 9.06. The van der Waals surface area contributed by atoms with Gasteiger partial charge in [-0.25, -0.2) is 0 Å². The van der Waals surface area contributed by atoms with Crippen LogP contribution in [-0.4, -0.2) is 11.8 Å². The Kier molecular flexibility index (Phi) is 6.29. The number of halogens is 1. The molecule has 0 aliphatic carbocycles. The van der Waals surface area contributed by atoms with Crippen molar-refractivity contribution < 1.29 is 9.59 Å². The number of carbonyl (C=O) groups excluding carboxylic acids is 2. The van der Waals surface area contributed by atoms with Crippen molar-refractivity contribution in [1.82, 2.24) is 0 Å². The first-order valence-electron chi connectivity index (χ1n) is 8.81. The quantitative estimate of drug-likeness (QED) is 0.528. The molecule has 0 fully saturated rings. The lowest BCUT2D eigenvalue weighted by Gasteiger charge is -2.09. The SMILES string of the molecule is Nc1cccc(CCC(=O)Nc2cccc(C(=O)Nc3cccc(Cl)c3)c2)c1. The highest BCUT2D eigenvalue weighted by atomic mass is 35.5. The van der Waals surface area contributed by atoms with E-state index in [1.54, 1.807) is 48.5 Å². The molecule has 0 aliphatic rings. The van der Waals surface area contributed by atoms with Crippen LogP contribution >= 0.6 is 11.6 Å². The number of anilines is 3. The van der Waals surface area contributed by atoms with E-state index in [2.05, 4.69) is 10.6 Å². The first-order chi connectivity index (χ1) is 13.5. The van der Waals surface area contributed by atoms with Gasteiger partial charge in [0.05, 0.1) is 0 Å². The number of aryl methyl sites for hydroxylation is 1. The molecule has 4 N–H and O–H groups in total. The van der Waals surface area contributed by atoms with Gasteiger partial charge < -0.3 is 16.4 Å². The number of benzene rings is 3. The Morgan fingerprint density at radius 1 is 0.857 bits per heavy atom. The van der Waals surface area contributed by atoms with Crippen LogP contribution in [0.2, 0.25) is 5.02 Å². The molecule has 0 atom stereocenters. The molecule has 28 heavy (non-hydrogen) atoms. The van der Waals surface area contributed by atoms with Crippen LogP contribution < -0.4 is 16.4 Å². The maximum absolute atomic E-state index is 12.4. The number of hydrogen-bond acceptors (Lipinski definition) is 3. The largest absolute Gasteiger partial charge is 0.399 e. The van der Waals surface area contributed by atoms with Crippen LogP contribution in [0.3, 0.4) is 0 Å². The molecule has 6 heteroatoms. The van der Waals surface area contributed by atoms with Crippen LogP contribution in [-0.2, 0) is 11.2 Å². The minimum absolute atomic E-state index is 0.130. The molecule has 3 aromatic carbocycles. The number of carbonyl (C=O) groups is 2. The number of rotatable bonds is 6. The standard InChI is InChI=1S/C22H20ClN3O2/c23-17-6-3-9-20(14-17)26-22(28)16-5-2-8-19(13-16)25-21(27)11-10-15-4-1-7-18(24)12-15/h1-9,12-14H,10-11,24H2,(H,25,27)(H,26,28). The van der Waals surface area contributed by atoms with E-state index in [1.807, 2.05) is 24.3 Å². The minimum Gasteiger partial charge on any atom is -0.399 e. The van der Waals surface area contributed by atoms with Crippen molar-refractivity contribution in [2.45, 2.75) is 12.8 Å². The summed E-state index contributed by atoms with van der Waals surface area (Å²) in [5, 5.41) is 6.15. The van der Waals surface area contributed by atoms with Gasteiger partial charge in [-0.15, -0.1) is 0 Å². The maximum Gasteiger partial charge on any atom is 0.255 e. The zero-order valence-electron chi connectivity index (χ0n) is 15.1. The Labute approximate surface area is 168 Å². The van der Waals surface area contributed by atoms with E-state index in [0.29, 0.717) is 40.5 Å². The fourth-order valence-electron chi connectivity index (χ4n) is 2.74. The first kappa shape index (κ1) is 19.5. The van der Waals surface area contributed by atoms with Gasteiger partial charge in [-0.2, -0.15) is 0 Å². The maximum atomic E-state index is 12.4. The summed E-state index contributed by atoms with van der Waals surface area (Å²) in [4.78, 5) is 24.7. The lowest BCUT2D eigenvalue weighted by Crippen LogP contribution is -2.15. The fraction of sp³-hybridized carbons (Fsp3) is 0.0909. The lowest BCUT2D eigenvalue weighted by atomic mass is 10.1. The molecule has 0 heterocycles. The Bertz CT molecular complexity index is 1000. The van der Waals surface area contributed by atoms with Crippen molar-refractivity contribution in [3.05, 3.63) is 88.9 Å². The summed E-state index contributed by atoms with van der Waals surface area (Å²) < 4.78 is 0. The minimum atomic E-state index is -0.280. The second-order valence-corrected chi connectivity index (χ2v) is 6.77. The number of nitrogen functional groups attached to an aromatic ring is 1. The molecule has 142 valence electrons. The molecule has 0 unspecified atom stereocenters. The van der Waals surface area contributed by atoms with Crippen LogP contribution in [0.1, 0.15) is 22.3 Å². The van der Waals surface area contributed by atoms with E-state index < -0.39 is 0 Å². The van der Waals surface area contributed by atoms with Crippen LogP contribution in [0.25, 0.3) is 0 Å². The third kappa shape index (κ3) is 5.59. The number of nitrogens with one attached hydrogen (secondary N) is 2. The van der Waals surface area contributed by atoms with E-state index in [4.69, 9.17) is 17.3 Å². The topological polar surface area (TPSA) is 84.2 Å². The fourth-order valence-corrected chi connectivity index (χ4v) is 2.93. The summed E-state index contributed by atoms with van der Waals surface area (Å²) in [5.41, 5.74) is 9.04. The van der Waals surface area contributed by atoms with E-state index in [1.165, 1.54) is 0 Å². The predicted molar refractivity (Wildman–Crippen MR) is 114 cm³/mol. The van der Waals surface area contributed by atoms with Crippen molar-refractivity contribution in [2.24, 2.45) is 0 Å². The molecule has 0 radical (unpaired) electrons. The van der Waals surface area contributed by atoms with E-state index >= 15 is 0 Å². The Hall–Kier alpha value is -3.31. The highest BCUT2D eigenvalue weighted by molar-refractivity contribution is 6.31. The normalized spacial score (nSPS) is 10.3. The van der Waals surface area contributed by atoms with Crippen LogP contribution in [0.4, 0.5) is 17.1 Å². The summed E-state index contributed by atoms with van der Waals surface area (Å²) in [6, 6.07) is 21.2. The third-order valence-corrected chi connectivity index (χ3v) is 4.32. The van der Waals surface area contributed by atoms with Crippen molar-refractivity contribution in [2.75, 3.05) is 16.4 Å². The highest BCUT2D eigenvalue weighted by Crippen LogP contribution is 2.17. The molecule has 0 aliphatic heterocycles. The summed E-state index contributed by atoms with van der Waals surface area (Å²) >= 11 is 5.93. The summed E-state index contributed by atoms with van der Waals surface area (Å²) in [7, 11) is 0. The molecule has 0 saturated carbocycles. The molecular formula is C22H20ClN3O2. The van der Waals surface area contributed by atoms with Gasteiger partial charge in [0.25, 0.3) is 5.91 Å². The lowest BCUT2D eigenvalue weighted by molar-refractivity contribution is -0.116. The molecular weight excluding hydrogens is 374 g/mol. The number of hydrogen-bond donors (Lipinski definition) is 3. The zero-order valence-corrected chi connectivity index (χ0v) is 15.9. The number of amides is 2. The average Bonchev–Trinajstić information content (AvgIpc) is 2.67. The van der Waals surface area contributed by atoms with Crippen molar-refractivity contribution >= 4 is 40.5 Å². The monoisotopic (exact) mass is 393 g/mol. The third-order valence-electron chi connectivity index (χ3n) is 4.08. The Morgan fingerprint density at radius 2 is 1.57 bits per heavy atom. The average molecular weight is 394 g/mol. The van der Waals surface area contributed by atoms with Crippen LogP contribution in [0, 0.1) is 0 Å². The molecule has 3 aromatic rings. The smallest absolute Gasteiger partial charge is 0.255 e. The van der Waals surface area contributed by atoms with Crippen molar-refractivity contribution in [3.8, 4) is 0 Å². The number of nitrogens with two attached hydrogens (primary N) is 1. The zero-order chi connectivity index (χ0) is 19.9. The van der Waals surface area contributed by atoms with Gasteiger partial charge >= 0.3 is 0 Å². The molecule has 0 spiro atoms. The summed E-state index contributed by atoms with van der Waals surface area (Å²) in [6.07, 6.45) is 0.911. The Balaban J connectivity index is 1.59. The van der Waals surface area contributed by atoms with Gasteiger partial charge in [0.2, 0.25) is 5.91 Å². The van der Waals surface area contributed by atoms with Crippen LogP contribution in [0.15, 0.2) is 72.8 Å². The van der Waals surface area contributed by atoms with Crippen molar-refractivity contribution in [3.63, 3.8) is 0 Å². The first-order valence-corrected chi connectivity index (χ1v) is 9.19. The van der Waals surface area contributed by atoms with Gasteiger partial charge in [0.15, 0.2) is 0 Å². The van der Waals surface area contributed by atoms with Gasteiger partial charge in [-0.1, -0.05) is 35.9 Å². The molecule has 2 amide bonds. The van der Waals surface area contributed by atoms with E-state index in [0.717, 1.165) is 5.56 Å². The second-order valence-electron chi connectivity index (χ2n) is 6.34. The Morgan fingerprint density at radius 3 is 2.32 bits per heavy atom. The van der Waals surface area contributed by atoms with E-state index in [-0.39, 0.29) is 11.8 Å². The van der Waals surface area contributed by atoms with Gasteiger partial charge in [-0.05, 0) is 60.5 Å². The molecule has 5 nitrogen and oxygen atoms in total.